The molecule has 2 aromatic carbocycles. The van der Waals surface area contributed by atoms with Crippen molar-refractivity contribution in [3.63, 3.8) is 0 Å². The normalized spacial score (nSPS) is 10.5. The number of carbonyl (C=O) groups excluding carboxylic acids is 2. The van der Waals surface area contributed by atoms with Crippen molar-refractivity contribution in [2.45, 2.75) is 24.8 Å². The van der Waals surface area contributed by atoms with Crippen molar-refractivity contribution < 1.29 is 14.0 Å². The zero-order chi connectivity index (χ0) is 21.7. The maximum atomic E-state index is 13.7. The maximum Gasteiger partial charge on any atom is 0.272 e. The molecule has 0 aliphatic rings. The second kappa shape index (κ2) is 9.82. The van der Waals surface area contributed by atoms with Gasteiger partial charge < -0.3 is 0 Å². The standard InChI is InChI=1S/C21H18BrFN4O2S/c1-12-9-13(2)25-21(24-12)30-11-14-3-5-15(6-4-14)19(28)26-27-20(29)17-10-16(22)7-8-18(17)23/h3-10H,11H2,1-2H3,(H,26,28)(H,27,29). The summed E-state index contributed by atoms with van der Waals surface area (Å²) < 4.78 is 14.3. The lowest BCUT2D eigenvalue weighted by Gasteiger charge is -2.09. The molecule has 30 heavy (non-hydrogen) atoms. The van der Waals surface area contributed by atoms with Crippen LogP contribution in [0.1, 0.15) is 37.7 Å². The topological polar surface area (TPSA) is 84.0 Å². The quantitative estimate of drug-likeness (QED) is 0.316. The highest BCUT2D eigenvalue weighted by molar-refractivity contribution is 9.10. The van der Waals surface area contributed by atoms with Gasteiger partial charge in [0.1, 0.15) is 5.82 Å². The molecule has 0 unspecified atom stereocenters. The van der Waals surface area contributed by atoms with Crippen LogP contribution in [0.3, 0.4) is 0 Å². The van der Waals surface area contributed by atoms with Crippen LogP contribution in [0.2, 0.25) is 0 Å². The van der Waals surface area contributed by atoms with Crippen LogP contribution in [0.15, 0.2) is 58.2 Å². The molecule has 3 aromatic rings. The molecular weight excluding hydrogens is 471 g/mol. The van der Waals surface area contributed by atoms with Gasteiger partial charge in [0.2, 0.25) is 0 Å². The Bertz CT molecular complexity index is 1070. The van der Waals surface area contributed by atoms with Crippen molar-refractivity contribution >= 4 is 39.5 Å². The number of halogens is 2. The fourth-order valence-electron chi connectivity index (χ4n) is 2.58. The van der Waals surface area contributed by atoms with Gasteiger partial charge >= 0.3 is 0 Å². The van der Waals surface area contributed by atoms with Gasteiger partial charge in [-0.05, 0) is 55.8 Å². The van der Waals surface area contributed by atoms with Gasteiger partial charge in [-0.3, -0.25) is 20.4 Å². The number of nitrogens with one attached hydrogen (secondary N) is 2. The average Bonchev–Trinajstić information content (AvgIpc) is 2.71. The molecule has 0 fully saturated rings. The van der Waals surface area contributed by atoms with Crippen molar-refractivity contribution in [1.29, 1.82) is 0 Å². The smallest absolute Gasteiger partial charge is 0.267 e. The molecule has 6 nitrogen and oxygen atoms in total. The zero-order valence-corrected chi connectivity index (χ0v) is 18.6. The van der Waals surface area contributed by atoms with E-state index in [4.69, 9.17) is 0 Å². The number of hydrogen-bond acceptors (Lipinski definition) is 5. The van der Waals surface area contributed by atoms with Gasteiger partial charge in [-0.15, -0.1) is 0 Å². The van der Waals surface area contributed by atoms with Gasteiger partial charge in [0.25, 0.3) is 11.8 Å². The number of benzene rings is 2. The molecule has 0 aliphatic heterocycles. The van der Waals surface area contributed by atoms with E-state index in [9.17, 15) is 14.0 Å². The van der Waals surface area contributed by atoms with E-state index >= 15 is 0 Å². The Balaban J connectivity index is 1.55. The summed E-state index contributed by atoms with van der Waals surface area (Å²) in [6.45, 7) is 3.85. The maximum absolute atomic E-state index is 13.7. The van der Waals surface area contributed by atoms with Crippen molar-refractivity contribution in [2.75, 3.05) is 0 Å². The number of aryl methyl sites for hydroxylation is 2. The first-order valence-corrected chi connectivity index (χ1v) is 10.7. The van der Waals surface area contributed by atoms with E-state index in [1.807, 2.05) is 32.0 Å². The van der Waals surface area contributed by atoms with Gasteiger partial charge in [-0.1, -0.05) is 39.8 Å². The van der Waals surface area contributed by atoms with E-state index in [0.29, 0.717) is 20.9 Å². The molecule has 1 aromatic heterocycles. The van der Waals surface area contributed by atoms with Crippen molar-refractivity contribution in [2.24, 2.45) is 0 Å². The third-order valence-electron chi connectivity index (χ3n) is 4.01. The highest BCUT2D eigenvalue weighted by atomic mass is 79.9. The molecule has 0 saturated carbocycles. The summed E-state index contributed by atoms with van der Waals surface area (Å²) >= 11 is 4.69. The largest absolute Gasteiger partial charge is 0.272 e. The zero-order valence-electron chi connectivity index (χ0n) is 16.2. The summed E-state index contributed by atoms with van der Waals surface area (Å²) in [5, 5.41) is 0.705. The second-order valence-corrected chi connectivity index (χ2v) is 8.31. The van der Waals surface area contributed by atoms with E-state index < -0.39 is 17.6 Å². The fraction of sp³-hybridized carbons (Fsp3) is 0.143. The number of rotatable bonds is 5. The SMILES string of the molecule is Cc1cc(C)nc(SCc2ccc(C(=O)NNC(=O)c3cc(Br)ccc3F)cc2)n1. The molecule has 0 saturated heterocycles. The lowest BCUT2D eigenvalue weighted by Crippen LogP contribution is -2.41. The first-order valence-electron chi connectivity index (χ1n) is 8.91. The molecule has 9 heteroatoms. The third kappa shape index (κ3) is 5.87. The van der Waals surface area contributed by atoms with E-state index in [1.165, 1.54) is 30.0 Å². The highest BCUT2D eigenvalue weighted by Gasteiger charge is 2.14. The summed E-state index contributed by atoms with van der Waals surface area (Å²) in [5.74, 6) is -1.28. The Morgan fingerprint density at radius 3 is 2.27 bits per heavy atom. The van der Waals surface area contributed by atoms with E-state index in [0.717, 1.165) is 17.0 Å². The van der Waals surface area contributed by atoms with E-state index in [1.54, 1.807) is 12.1 Å². The third-order valence-corrected chi connectivity index (χ3v) is 5.42. The van der Waals surface area contributed by atoms with Crippen molar-refractivity contribution in [3.05, 3.63) is 86.9 Å². The van der Waals surface area contributed by atoms with E-state index in [-0.39, 0.29) is 5.56 Å². The first kappa shape index (κ1) is 21.9. The Labute approximate surface area is 185 Å². The number of hydrogen-bond donors (Lipinski definition) is 2. The highest BCUT2D eigenvalue weighted by Crippen LogP contribution is 2.20. The number of thioether (sulfide) groups is 1. The monoisotopic (exact) mass is 488 g/mol. The Morgan fingerprint density at radius 2 is 1.60 bits per heavy atom. The molecule has 154 valence electrons. The molecule has 1 heterocycles. The Kier molecular flexibility index (Phi) is 7.17. The number of carbonyl (C=O) groups is 2. The van der Waals surface area contributed by atoms with Crippen LogP contribution in [-0.2, 0) is 5.75 Å². The van der Waals surface area contributed by atoms with Crippen molar-refractivity contribution in [1.82, 2.24) is 20.8 Å². The summed E-state index contributed by atoms with van der Waals surface area (Å²) in [7, 11) is 0. The molecular formula is C21H18BrFN4O2S. The Hall–Kier alpha value is -2.78. The number of aromatic nitrogens is 2. The van der Waals surface area contributed by atoms with Gasteiger partial charge in [-0.25, -0.2) is 14.4 Å². The predicted octanol–water partition coefficient (Wildman–Crippen LogP) is 4.36. The summed E-state index contributed by atoms with van der Waals surface area (Å²) in [6, 6.07) is 12.8. The van der Waals surface area contributed by atoms with Crippen LogP contribution in [-0.4, -0.2) is 21.8 Å². The molecule has 0 atom stereocenters. The van der Waals surface area contributed by atoms with E-state index in [2.05, 4.69) is 36.7 Å². The van der Waals surface area contributed by atoms with Gasteiger partial charge in [0, 0.05) is 27.2 Å². The van der Waals surface area contributed by atoms with Crippen LogP contribution in [0.5, 0.6) is 0 Å². The van der Waals surface area contributed by atoms with Crippen LogP contribution in [0.25, 0.3) is 0 Å². The van der Waals surface area contributed by atoms with Gasteiger partial charge in [0.15, 0.2) is 5.16 Å². The lowest BCUT2D eigenvalue weighted by molar-refractivity contribution is 0.0844. The van der Waals surface area contributed by atoms with Crippen LogP contribution < -0.4 is 10.9 Å². The lowest BCUT2D eigenvalue weighted by atomic mass is 10.1. The minimum absolute atomic E-state index is 0.175. The molecule has 2 N–H and O–H groups in total. The molecule has 2 amide bonds. The summed E-state index contributed by atoms with van der Waals surface area (Å²) in [5.41, 5.74) is 7.53. The molecule has 0 spiro atoms. The fourth-order valence-corrected chi connectivity index (χ4v) is 3.85. The number of hydrazine groups is 1. The second-order valence-electron chi connectivity index (χ2n) is 6.45. The minimum Gasteiger partial charge on any atom is -0.267 e. The number of nitrogens with zero attached hydrogens (tertiary/aromatic N) is 2. The summed E-state index contributed by atoms with van der Waals surface area (Å²) in [4.78, 5) is 33.1. The van der Waals surface area contributed by atoms with Crippen LogP contribution in [0.4, 0.5) is 4.39 Å². The molecule has 3 rings (SSSR count). The molecule has 0 aliphatic carbocycles. The number of amides is 2. The summed E-state index contributed by atoms with van der Waals surface area (Å²) in [6.07, 6.45) is 0. The minimum atomic E-state index is -0.747. The average molecular weight is 489 g/mol. The van der Waals surface area contributed by atoms with Gasteiger partial charge in [0.05, 0.1) is 5.56 Å². The van der Waals surface area contributed by atoms with Crippen LogP contribution in [0, 0.1) is 19.7 Å². The Morgan fingerprint density at radius 1 is 0.967 bits per heavy atom. The first-order chi connectivity index (χ1) is 14.3. The molecule has 0 bridgehead atoms. The predicted molar refractivity (Wildman–Crippen MR) is 117 cm³/mol. The van der Waals surface area contributed by atoms with Crippen molar-refractivity contribution in [3.8, 4) is 0 Å². The van der Waals surface area contributed by atoms with Crippen LogP contribution >= 0.6 is 27.7 Å². The van der Waals surface area contributed by atoms with Gasteiger partial charge in [-0.2, -0.15) is 0 Å². The molecule has 0 radical (unpaired) electrons.